The van der Waals surface area contributed by atoms with E-state index in [1.807, 2.05) is 0 Å². The van der Waals surface area contributed by atoms with Crippen molar-refractivity contribution in [1.82, 2.24) is 4.57 Å². The molecule has 0 fully saturated rings. The van der Waals surface area contributed by atoms with E-state index < -0.39 is 10.9 Å². The van der Waals surface area contributed by atoms with Gasteiger partial charge in [-0.2, -0.15) is 0 Å². The predicted molar refractivity (Wildman–Crippen MR) is 91.8 cm³/mol. The van der Waals surface area contributed by atoms with Crippen LogP contribution in [0.1, 0.15) is 23.0 Å². The summed E-state index contributed by atoms with van der Waals surface area (Å²) in [5.41, 5.74) is 0.955. The van der Waals surface area contributed by atoms with Gasteiger partial charge in [-0.15, -0.1) is 0 Å². The number of halogens is 2. The summed E-state index contributed by atoms with van der Waals surface area (Å²) in [6, 6.07) is 5.89. The third-order valence-corrected chi connectivity index (χ3v) is 4.22. The number of nitrogens with zero attached hydrogens (tertiary/aromatic N) is 2. The smallest absolute Gasteiger partial charge is 0.345 e. The predicted octanol–water partition coefficient (Wildman–Crippen LogP) is 4.03. The summed E-state index contributed by atoms with van der Waals surface area (Å²) in [7, 11) is 1.77. The molecule has 0 atom stereocenters. The maximum absolute atomic E-state index is 11.9. The van der Waals surface area contributed by atoms with Crippen molar-refractivity contribution in [3.63, 3.8) is 0 Å². The molecule has 0 saturated carbocycles. The van der Waals surface area contributed by atoms with Crippen LogP contribution < -0.4 is 5.32 Å². The summed E-state index contributed by atoms with van der Waals surface area (Å²) in [6.07, 6.45) is 0. The first-order chi connectivity index (χ1) is 11.3. The van der Waals surface area contributed by atoms with E-state index in [-0.39, 0.29) is 17.9 Å². The molecule has 0 aliphatic heterocycles. The number of esters is 1. The molecule has 1 aromatic carbocycles. The number of benzene rings is 1. The third kappa shape index (κ3) is 3.80. The summed E-state index contributed by atoms with van der Waals surface area (Å²) < 4.78 is 6.58. The zero-order chi connectivity index (χ0) is 17.9. The van der Waals surface area contributed by atoms with Gasteiger partial charge in [-0.05, 0) is 25.1 Å². The average molecular weight is 372 g/mol. The molecule has 0 saturated heterocycles. The van der Waals surface area contributed by atoms with Crippen molar-refractivity contribution in [2.45, 2.75) is 13.5 Å². The normalized spacial score (nSPS) is 10.5. The Kier molecular flexibility index (Phi) is 5.69. The zero-order valence-corrected chi connectivity index (χ0v) is 14.5. The molecule has 1 aromatic heterocycles. The Balaban J connectivity index is 2.24. The van der Waals surface area contributed by atoms with Crippen molar-refractivity contribution >= 4 is 40.5 Å². The molecular weight excluding hydrogens is 357 g/mol. The van der Waals surface area contributed by atoms with Crippen molar-refractivity contribution in [2.24, 2.45) is 7.05 Å². The van der Waals surface area contributed by atoms with E-state index in [0.717, 1.165) is 5.69 Å². The summed E-state index contributed by atoms with van der Waals surface area (Å²) in [5, 5.41) is 15.0. The fourth-order valence-corrected chi connectivity index (χ4v) is 2.54. The SMILES string of the molecule is CCOC(=O)c1cc(NCc2cc(Cl)c(Cl)n2C)ccc1[N+](=O)[O-]. The van der Waals surface area contributed by atoms with Gasteiger partial charge in [0.2, 0.25) is 0 Å². The maximum atomic E-state index is 11.9. The molecule has 0 aliphatic rings. The van der Waals surface area contributed by atoms with Gasteiger partial charge in [-0.1, -0.05) is 23.2 Å². The fraction of sp³-hybridized carbons (Fsp3) is 0.267. The number of hydrogen-bond donors (Lipinski definition) is 1. The molecular formula is C15H15Cl2N3O4. The monoisotopic (exact) mass is 371 g/mol. The molecule has 7 nitrogen and oxygen atoms in total. The maximum Gasteiger partial charge on any atom is 0.345 e. The van der Waals surface area contributed by atoms with E-state index in [9.17, 15) is 14.9 Å². The van der Waals surface area contributed by atoms with Crippen molar-refractivity contribution in [1.29, 1.82) is 0 Å². The van der Waals surface area contributed by atoms with Crippen LogP contribution in [0, 0.1) is 10.1 Å². The van der Waals surface area contributed by atoms with Gasteiger partial charge in [0.25, 0.3) is 5.69 Å². The van der Waals surface area contributed by atoms with Gasteiger partial charge in [0.1, 0.15) is 10.7 Å². The quantitative estimate of drug-likeness (QED) is 0.470. The lowest BCUT2D eigenvalue weighted by Gasteiger charge is -2.10. The van der Waals surface area contributed by atoms with Crippen LogP contribution in [0.5, 0.6) is 0 Å². The molecule has 0 unspecified atom stereocenters. The topological polar surface area (TPSA) is 86.4 Å². The second kappa shape index (κ2) is 7.55. The van der Waals surface area contributed by atoms with E-state index in [0.29, 0.717) is 22.4 Å². The minimum Gasteiger partial charge on any atom is -0.462 e. The second-order valence-electron chi connectivity index (χ2n) is 4.90. The number of aromatic nitrogens is 1. The van der Waals surface area contributed by atoms with E-state index in [4.69, 9.17) is 27.9 Å². The standard InChI is InChI=1S/C15H15Cl2N3O4/c1-3-24-15(21)11-6-9(4-5-13(11)20(22)23)18-8-10-7-12(16)14(17)19(10)2/h4-7,18H,3,8H2,1-2H3. The lowest BCUT2D eigenvalue weighted by molar-refractivity contribution is -0.385. The van der Waals surface area contributed by atoms with Crippen molar-refractivity contribution < 1.29 is 14.5 Å². The highest BCUT2D eigenvalue weighted by atomic mass is 35.5. The van der Waals surface area contributed by atoms with Crippen LogP contribution in [-0.2, 0) is 18.3 Å². The van der Waals surface area contributed by atoms with Crippen LogP contribution in [0.2, 0.25) is 10.2 Å². The Bertz CT molecular complexity index is 789. The van der Waals surface area contributed by atoms with Crippen LogP contribution >= 0.6 is 23.2 Å². The van der Waals surface area contributed by atoms with Gasteiger partial charge in [0, 0.05) is 24.5 Å². The number of hydrogen-bond acceptors (Lipinski definition) is 5. The summed E-state index contributed by atoms with van der Waals surface area (Å²) in [6.45, 7) is 2.14. The van der Waals surface area contributed by atoms with Gasteiger partial charge in [-0.3, -0.25) is 10.1 Å². The minimum atomic E-state index is -0.738. The summed E-state index contributed by atoms with van der Waals surface area (Å²) >= 11 is 12.0. The molecule has 9 heteroatoms. The molecule has 24 heavy (non-hydrogen) atoms. The van der Waals surface area contributed by atoms with E-state index in [1.165, 1.54) is 18.2 Å². The number of nitrogens with one attached hydrogen (secondary N) is 1. The molecule has 0 spiro atoms. The third-order valence-electron chi connectivity index (χ3n) is 3.38. The van der Waals surface area contributed by atoms with Crippen LogP contribution in [0.3, 0.4) is 0 Å². The van der Waals surface area contributed by atoms with Crippen LogP contribution in [-0.4, -0.2) is 22.1 Å². The first kappa shape index (κ1) is 18.1. The Hall–Kier alpha value is -2.25. The molecule has 128 valence electrons. The first-order valence-electron chi connectivity index (χ1n) is 7.04. The molecule has 2 rings (SSSR count). The molecule has 0 radical (unpaired) electrons. The Morgan fingerprint density at radius 3 is 2.62 bits per heavy atom. The van der Waals surface area contributed by atoms with E-state index in [2.05, 4.69) is 5.32 Å². The number of nitro benzene ring substituents is 1. The lowest BCUT2D eigenvalue weighted by atomic mass is 10.1. The van der Waals surface area contributed by atoms with Gasteiger partial charge >= 0.3 is 5.97 Å². The van der Waals surface area contributed by atoms with Crippen molar-refractivity contribution in [3.8, 4) is 0 Å². The lowest BCUT2D eigenvalue weighted by Crippen LogP contribution is -2.10. The summed E-state index contributed by atoms with van der Waals surface area (Å²) in [5.74, 6) is -0.738. The molecule has 1 N–H and O–H groups in total. The van der Waals surface area contributed by atoms with Crippen molar-refractivity contribution in [3.05, 3.63) is 55.8 Å². The van der Waals surface area contributed by atoms with Gasteiger partial charge < -0.3 is 14.6 Å². The number of anilines is 1. The molecule has 0 bridgehead atoms. The molecule has 2 aromatic rings. The van der Waals surface area contributed by atoms with Crippen LogP contribution in [0.25, 0.3) is 0 Å². The number of rotatable bonds is 6. The number of ether oxygens (including phenoxy) is 1. The highest BCUT2D eigenvalue weighted by Gasteiger charge is 2.21. The Labute approximate surface area is 148 Å². The highest BCUT2D eigenvalue weighted by molar-refractivity contribution is 6.41. The molecule has 1 heterocycles. The number of carbonyl (C=O) groups excluding carboxylic acids is 1. The first-order valence-corrected chi connectivity index (χ1v) is 7.79. The Morgan fingerprint density at radius 2 is 2.08 bits per heavy atom. The largest absolute Gasteiger partial charge is 0.462 e. The molecule has 0 aliphatic carbocycles. The minimum absolute atomic E-state index is 0.102. The van der Waals surface area contributed by atoms with Crippen LogP contribution in [0.4, 0.5) is 11.4 Å². The van der Waals surface area contributed by atoms with Gasteiger partial charge in [0.15, 0.2) is 0 Å². The van der Waals surface area contributed by atoms with E-state index >= 15 is 0 Å². The number of nitro groups is 1. The average Bonchev–Trinajstić information content (AvgIpc) is 2.79. The summed E-state index contributed by atoms with van der Waals surface area (Å²) in [4.78, 5) is 22.3. The van der Waals surface area contributed by atoms with Crippen molar-refractivity contribution in [2.75, 3.05) is 11.9 Å². The Morgan fingerprint density at radius 1 is 1.38 bits per heavy atom. The number of carbonyl (C=O) groups is 1. The van der Waals surface area contributed by atoms with Gasteiger partial charge in [-0.25, -0.2) is 4.79 Å². The second-order valence-corrected chi connectivity index (χ2v) is 5.66. The zero-order valence-electron chi connectivity index (χ0n) is 13.0. The van der Waals surface area contributed by atoms with Gasteiger partial charge in [0.05, 0.1) is 23.1 Å². The van der Waals surface area contributed by atoms with E-state index in [1.54, 1.807) is 24.6 Å². The van der Waals surface area contributed by atoms with Crippen LogP contribution in [0.15, 0.2) is 24.3 Å². The molecule has 0 amide bonds. The highest BCUT2D eigenvalue weighted by Crippen LogP contribution is 2.27. The fourth-order valence-electron chi connectivity index (χ4n) is 2.13.